The summed E-state index contributed by atoms with van der Waals surface area (Å²) in [6, 6.07) is 44.0. The highest BCUT2D eigenvalue weighted by Gasteiger charge is 2.48. The minimum absolute atomic E-state index is 0.0156. The van der Waals surface area contributed by atoms with Crippen molar-refractivity contribution < 1.29 is 4.42 Å². The van der Waals surface area contributed by atoms with Crippen LogP contribution in [0.4, 0.5) is 34.1 Å². The highest BCUT2D eigenvalue weighted by atomic mass is 16.3. The van der Waals surface area contributed by atoms with Crippen LogP contribution in [0.3, 0.4) is 0 Å². The Balaban J connectivity index is 1.20. The third-order valence-corrected chi connectivity index (χ3v) is 20.3. The van der Waals surface area contributed by atoms with Crippen molar-refractivity contribution in [2.24, 2.45) is 0 Å². The number of nitrogens with zero attached hydrogens (tertiary/aromatic N) is 2. The zero-order valence-corrected chi connectivity index (χ0v) is 48.1. The summed E-state index contributed by atoms with van der Waals surface area (Å²) in [5.41, 5.74) is 29.2. The van der Waals surface area contributed by atoms with Gasteiger partial charge in [-0.3, -0.25) is 0 Å². The number of rotatable bonds is 4. The van der Waals surface area contributed by atoms with Crippen molar-refractivity contribution in [1.82, 2.24) is 0 Å². The third-order valence-electron chi connectivity index (χ3n) is 20.3. The molecule has 75 heavy (non-hydrogen) atoms. The Morgan fingerprint density at radius 3 is 1.43 bits per heavy atom. The summed E-state index contributed by atoms with van der Waals surface area (Å²) in [5.74, 6) is 0.363. The second-order valence-electron chi connectivity index (χ2n) is 28.4. The summed E-state index contributed by atoms with van der Waals surface area (Å²) in [6.45, 7) is 39.0. The van der Waals surface area contributed by atoms with Gasteiger partial charge in [0.25, 0.3) is 6.71 Å². The average molecular weight is 987 g/mol. The van der Waals surface area contributed by atoms with E-state index in [1.165, 1.54) is 142 Å². The maximum Gasteiger partial charge on any atom is 0.252 e. The second-order valence-corrected chi connectivity index (χ2v) is 28.4. The monoisotopic (exact) mass is 987 g/mol. The van der Waals surface area contributed by atoms with Crippen LogP contribution in [-0.2, 0) is 32.5 Å². The quantitative estimate of drug-likeness (QED) is 0.164. The predicted molar refractivity (Wildman–Crippen MR) is 323 cm³/mol. The molecule has 0 N–H and O–H groups in total. The fourth-order valence-electron chi connectivity index (χ4n) is 15.0. The number of hydrogen-bond donors (Lipinski definition) is 0. The molecule has 7 aromatic carbocycles. The molecule has 0 amide bonds. The van der Waals surface area contributed by atoms with Gasteiger partial charge >= 0.3 is 0 Å². The van der Waals surface area contributed by atoms with Gasteiger partial charge in [0, 0.05) is 33.8 Å². The van der Waals surface area contributed by atoms with Crippen LogP contribution < -0.4 is 26.2 Å². The maximum atomic E-state index is 7.24. The molecule has 0 unspecified atom stereocenters. The molecule has 2 aliphatic heterocycles. The Morgan fingerprint density at radius 1 is 0.427 bits per heavy atom. The van der Waals surface area contributed by atoms with E-state index >= 15 is 0 Å². The van der Waals surface area contributed by atoms with E-state index in [4.69, 9.17) is 4.42 Å². The predicted octanol–water partition coefficient (Wildman–Crippen LogP) is 18.1. The molecule has 0 spiro atoms. The van der Waals surface area contributed by atoms with Gasteiger partial charge in [-0.05, 0) is 217 Å². The van der Waals surface area contributed by atoms with Crippen LogP contribution >= 0.6 is 0 Å². The molecule has 0 saturated carbocycles. The van der Waals surface area contributed by atoms with Gasteiger partial charge in [-0.2, -0.15) is 0 Å². The minimum Gasteiger partial charge on any atom is -0.456 e. The van der Waals surface area contributed by atoms with Crippen LogP contribution in [0.15, 0.2) is 114 Å². The lowest BCUT2D eigenvalue weighted by molar-refractivity contribution is 0.332. The standard InChI is InChI=1S/C71H79BN2O/c1-41(2)45-22-23-54-58(34-45)73(56-38-51-48(32-42(56)3)66(5,6)26-29-69(51,11)12)59-35-46(44-20-18-17-19-21-44)36-60-64(59)72(54)55-24-25-61-63(47-37-50-53(40-62(47)75-61)71(15,16)31-28-68(50,9)10)65(55)74(60)57-39-52-49(33-43(57)4)67(7,8)27-30-70(52,13)14/h17-25,32-41H,26-31H2,1-16H3. The summed E-state index contributed by atoms with van der Waals surface area (Å²) in [4.78, 5) is 5.46. The van der Waals surface area contributed by atoms with Crippen molar-refractivity contribution >= 4 is 79.2 Å². The largest absolute Gasteiger partial charge is 0.456 e. The fourth-order valence-corrected chi connectivity index (χ4v) is 15.0. The molecule has 8 aromatic rings. The van der Waals surface area contributed by atoms with E-state index < -0.39 is 0 Å². The van der Waals surface area contributed by atoms with Crippen LogP contribution in [0.25, 0.3) is 33.1 Å². The van der Waals surface area contributed by atoms with Gasteiger partial charge in [0.2, 0.25) is 0 Å². The van der Waals surface area contributed by atoms with Gasteiger partial charge in [-0.1, -0.05) is 158 Å². The zero-order valence-electron chi connectivity index (χ0n) is 48.1. The number of benzene rings is 7. The van der Waals surface area contributed by atoms with E-state index in [2.05, 4.69) is 230 Å². The molecule has 3 aliphatic carbocycles. The first kappa shape index (κ1) is 48.6. The van der Waals surface area contributed by atoms with Crippen molar-refractivity contribution in [1.29, 1.82) is 0 Å². The first-order valence-electron chi connectivity index (χ1n) is 28.6. The van der Waals surface area contributed by atoms with E-state index in [9.17, 15) is 0 Å². The van der Waals surface area contributed by atoms with Gasteiger partial charge in [0.05, 0.1) is 11.1 Å². The maximum absolute atomic E-state index is 7.24. The molecule has 4 heteroatoms. The summed E-state index contributed by atoms with van der Waals surface area (Å²) in [5, 5.41) is 2.44. The Bertz CT molecular complexity index is 3740. The number of fused-ring (bicyclic) bond motifs is 11. The van der Waals surface area contributed by atoms with Crippen LogP contribution in [0, 0.1) is 13.8 Å². The Labute approximate surface area is 449 Å². The molecule has 0 saturated heterocycles. The lowest BCUT2D eigenvalue weighted by atomic mass is 9.33. The molecule has 1 aromatic heterocycles. The molecule has 13 rings (SSSR count). The van der Waals surface area contributed by atoms with E-state index in [-0.39, 0.29) is 39.2 Å². The molecule has 0 radical (unpaired) electrons. The molecule has 0 fully saturated rings. The Hall–Kier alpha value is -6.00. The van der Waals surface area contributed by atoms with Crippen LogP contribution in [0.2, 0.25) is 0 Å². The fraction of sp³-hybridized carbons (Fsp3) is 0.408. The van der Waals surface area contributed by atoms with Crippen LogP contribution in [0.5, 0.6) is 0 Å². The van der Waals surface area contributed by atoms with Gasteiger partial charge in [0.15, 0.2) is 0 Å². The van der Waals surface area contributed by atoms with Gasteiger partial charge in [-0.15, -0.1) is 0 Å². The number of hydrogen-bond acceptors (Lipinski definition) is 3. The topological polar surface area (TPSA) is 19.6 Å². The zero-order chi connectivity index (χ0) is 52.8. The number of anilines is 6. The average Bonchev–Trinajstić information content (AvgIpc) is 3.80. The number of aryl methyl sites for hydroxylation is 2. The van der Waals surface area contributed by atoms with Crippen molar-refractivity contribution in [3.05, 3.63) is 159 Å². The molecular weight excluding hydrogens is 908 g/mol. The molecule has 0 bridgehead atoms. The van der Waals surface area contributed by atoms with Crippen molar-refractivity contribution in [2.75, 3.05) is 9.80 Å². The van der Waals surface area contributed by atoms with Crippen molar-refractivity contribution in [3.63, 3.8) is 0 Å². The Morgan fingerprint density at radius 2 is 0.893 bits per heavy atom. The molecule has 3 nitrogen and oxygen atoms in total. The van der Waals surface area contributed by atoms with Crippen LogP contribution in [0.1, 0.15) is 191 Å². The Kier molecular flexibility index (Phi) is 10.2. The van der Waals surface area contributed by atoms with E-state index in [1.807, 2.05) is 0 Å². The second kappa shape index (κ2) is 15.8. The smallest absolute Gasteiger partial charge is 0.252 e. The van der Waals surface area contributed by atoms with Gasteiger partial charge in [-0.25, -0.2) is 0 Å². The van der Waals surface area contributed by atoms with E-state index in [0.717, 1.165) is 30.4 Å². The van der Waals surface area contributed by atoms with Crippen LogP contribution in [-0.4, -0.2) is 6.71 Å². The first-order chi connectivity index (χ1) is 35.3. The van der Waals surface area contributed by atoms with Gasteiger partial charge < -0.3 is 14.2 Å². The molecule has 3 heterocycles. The molecule has 382 valence electrons. The SMILES string of the molecule is Cc1cc2c(cc1N1c3cc(C(C)C)ccc3B3c4ccc5oc6cc7c(cc6c5c4N(c4cc5c(cc4C)C(C)(C)CCC5(C)C)c4cc(-c5ccccc5)cc1c43)C(C)(C)CCC7(C)C)C(C)(C)CCC2(C)C. The third kappa shape index (κ3) is 7.05. The normalized spacial score (nSPS) is 19.8. The molecule has 5 aliphatic rings. The van der Waals surface area contributed by atoms with E-state index in [1.54, 1.807) is 0 Å². The molecule has 0 atom stereocenters. The highest BCUT2D eigenvalue weighted by molar-refractivity contribution is 7.00. The molecular formula is C71H79BN2O. The summed E-state index contributed by atoms with van der Waals surface area (Å²) in [7, 11) is 0. The summed E-state index contributed by atoms with van der Waals surface area (Å²) >= 11 is 0. The van der Waals surface area contributed by atoms with Crippen molar-refractivity contribution in [2.45, 2.75) is 188 Å². The lowest BCUT2D eigenvalue weighted by Crippen LogP contribution is -2.61. The summed E-state index contributed by atoms with van der Waals surface area (Å²) < 4.78 is 7.24. The minimum atomic E-state index is -0.0393. The number of furan rings is 1. The first-order valence-corrected chi connectivity index (χ1v) is 28.6. The highest BCUT2D eigenvalue weighted by Crippen LogP contribution is 2.56. The lowest BCUT2D eigenvalue weighted by Gasteiger charge is -2.47. The van der Waals surface area contributed by atoms with Gasteiger partial charge in [0.1, 0.15) is 11.2 Å². The van der Waals surface area contributed by atoms with E-state index in [0.29, 0.717) is 5.92 Å². The van der Waals surface area contributed by atoms with Crippen molar-refractivity contribution in [3.8, 4) is 11.1 Å². The summed E-state index contributed by atoms with van der Waals surface area (Å²) in [6.07, 6.45) is 7.00.